The van der Waals surface area contributed by atoms with Crippen molar-refractivity contribution in [3.63, 3.8) is 0 Å². The van der Waals surface area contributed by atoms with E-state index < -0.39 is 15.4 Å². The zero-order valence-corrected chi connectivity index (χ0v) is 11.3. The maximum Gasteiger partial charge on any atom is 0.147 e. The molecule has 1 rings (SSSR count). The van der Waals surface area contributed by atoms with Crippen LogP contribution in [-0.2, 0) is 15.4 Å². The zero-order chi connectivity index (χ0) is 13.1. The summed E-state index contributed by atoms with van der Waals surface area (Å²) >= 11 is 0. The van der Waals surface area contributed by atoms with E-state index in [4.69, 9.17) is 10.5 Å². The Balaban J connectivity index is 2.96. The van der Waals surface area contributed by atoms with E-state index in [0.717, 1.165) is 5.56 Å². The Labute approximate surface area is 103 Å². The second-order valence-electron chi connectivity index (χ2n) is 4.50. The summed E-state index contributed by atoms with van der Waals surface area (Å²) < 4.78 is 27.6. The molecule has 0 amide bonds. The molecule has 5 heteroatoms. The third-order valence-corrected chi connectivity index (χ3v) is 3.66. The predicted octanol–water partition coefficient (Wildman–Crippen LogP) is 1.30. The molecular weight excluding hydrogens is 238 g/mol. The zero-order valence-electron chi connectivity index (χ0n) is 10.4. The van der Waals surface area contributed by atoms with E-state index in [1.54, 1.807) is 7.11 Å². The molecule has 0 heterocycles. The molecule has 1 atom stereocenters. The maximum absolute atomic E-state index is 11.2. The molecule has 0 fully saturated rings. The van der Waals surface area contributed by atoms with Crippen molar-refractivity contribution < 1.29 is 13.2 Å². The Morgan fingerprint density at radius 1 is 1.35 bits per heavy atom. The first kappa shape index (κ1) is 14.0. The number of hydrogen-bond donors (Lipinski definition) is 1. The second kappa shape index (κ2) is 5.06. The summed E-state index contributed by atoms with van der Waals surface area (Å²) in [5.74, 6) is 0.754. The van der Waals surface area contributed by atoms with Gasteiger partial charge in [0.2, 0.25) is 0 Å². The summed E-state index contributed by atoms with van der Waals surface area (Å²) in [6, 6.07) is 7.40. The Morgan fingerprint density at radius 3 is 2.47 bits per heavy atom. The lowest BCUT2D eigenvalue weighted by Crippen LogP contribution is -2.35. The monoisotopic (exact) mass is 257 g/mol. The molecule has 17 heavy (non-hydrogen) atoms. The first-order chi connectivity index (χ1) is 7.76. The van der Waals surface area contributed by atoms with Crippen LogP contribution in [0.3, 0.4) is 0 Å². The fourth-order valence-corrected chi connectivity index (χ4v) is 2.44. The van der Waals surface area contributed by atoms with Crippen LogP contribution in [0.2, 0.25) is 0 Å². The first-order valence-electron chi connectivity index (χ1n) is 5.36. The van der Waals surface area contributed by atoms with Crippen LogP contribution in [0.15, 0.2) is 24.3 Å². The van der Waals surface area contributed by atoms with Crippen LogP contribution in [-0.4, -0.2) is 27.5 Å². The second-order valence-corrected chi connectivity index (χ2v) is 6.76. The number of benzene rings is 1. The normalized spacial score (nSPS) is 15.3. The lowest BCUT2D eigenvalue weighted by atomic mass is 9.90. The molecule has 0 radical (unpaired) electrons. The molecule has 0 aromatic heterocycles. The minimum Gasteiger partial charge on any atom is -0.496 e. The Kier molecular flexibility index (Phi) is 4.16. The molecule has 96 valence electrons. The van der Waals surface area contributed by atoms with Crippen molar-refractivity contribution >= 4 is 9.84 Å². The van der Waals surface area contributed by atoms with Gasteiger partial charge in [0.15, 0.2) is 0 Å². The van der Waals surface area contributed by atoms with E-state index in [9.17, 15) is 8.42 Å². The van der Waals surface area contributed by atoms with Gasteiger partial charge in [0.05, 0.1) is 12.9 Å². The van der Waals surface area contributed by atoms with E-state index in [0.29, 0.717) is 12.2 Å². The van der Waals surface area contributed by atoms with Gasteiger partial charge in [-0.1, -0.05) is 18.2 Å². The fraction of sp³-hybridized carbons (Fsp3) is 0.500. The number of methoxy groups -OCH3 is 1. The van der Waals surface area contributed by atoms with Crippen molar-refractivity contribution in [1.29, 1.82) is 0 Å². The molecule has 0 aliphatic heterocycles. The highest BCUT2D eigenvalue weighted by molar-refractivity contribution is 7.90. The number of ether oxygens (including phenoxy) is 1. The van der Waals surface area contributed by atoms with Crippen LogP contribution in [0.25, 0.3) is 0 Å². The van der Waals surface area contributed by atoms with Gasteiger partial charge < -0.3 is 10.5 Å². The lowest BCUT2D eigenvalue weighted by molar-refractivity contribution is 0.383. The molecule has 0 aliphatic rings. The van der Waals surface area contributed by atoms with Gasteiger partial charge in [0.25, 0.3) is 0 Å². The Morgan fingerprint density at radius 2 is 1.94 bits per heavy atom. The van der Waals surface area contributed by atoms with Crippen molar-refractivity contribution in [2.45, 2.75) is 18.9 Å². The van der Waals surface area contributed by atoms with Crippen LogP contribution in [0.1, 0.15) is 18.9 Å². The van der Waals surface area contributed by atoms with E-state index in [1.807, 2.05) is 31.2 Å². The number of hydrogen-bond acceptors (Lipinski definition) is 4. The van der Waals surface area contributed by atoms with E-state index >= 15 is 0 Å². The van der Waals surface area contributed by atoms with Gasteiger partial charge in [0.1, 0.15) is 15.6 Å². The smallest absolute Gasteiger partial charge is 0.147 e. The van der Waals surface area contributed by atoms with Crippen molar-refractivity contribution in [3.05, 3.63) is 29.8 Å². The highest BCUT2D eigenvalue weighted by atomic mass is 32.2. The van der Waals surface area contributed by atoms with Gasteiger partial charge in [-0.15, -0.1) is 0 Å². The molecule has 1 aromatic rings. The summed E-state index contributed by atoms with van der Waals surface area (Å²) in [6.45, 7) is 1.82. The number of rotatable bonds is 5. The predicted molar refractivity (Wildman–Crippen MR) is 68.9 cm³/mol. The Bertz CT molecular complexity index is 480. The molecule has 1 aromatic carbocycles. The SMILES string of the molecule is COc1ccccc1C(C)(N)CCS(C)(=O)=O. The molecule has 0 spiro atoms. The minimum atomic E-state index is -3.01. The van der Waals surface area contributed by atoms with Crippen LogP contribution in [0.4, 0.5) is 0 Å². The minimum absolute atomic E-state index is 0.0675. The van der Waals surface area contributed by atoms with Gasteiger partial charge in [-0.3, -0.25) is 0 Å². The standard InChI is InChI=1S/C12H19NO3S/c1-12(13,8-9-17(3,14)15)10-6-4-5-7-11(10)16-2/h4-7H,8-9,13H2,1-3H3. The summed E-state index contributed by atoms with van der Waals surface area (Å²) in [7, 11) is -1.43. The fourth-order valence-electron chi connectivity index (χ4n) is 1.65. The van der Waals surface area contributed by atoms with Crippen molar-refractivity contribution in [2.24, 2.45) is 5.73 Å². The number of nitrogens with two attached hydrogens (primary N) is 1. The van der Waals surface area contributed by atoms with Crippen molar-refractivity contribution in [3.8, 4) is 5.75 Å². The molecule has 0 bridgehead atoms. The average molecular weight is 257 g/mol. The molecule has 2 N–H and O–H groups in total. The van der Waals surface area contributed by atoms with Crippen LogP contribution >= 0.6 is 0 Å². The largest absolute Gasteiger partial charge is 0.496 e. The molecule has 1 unspecified atom stereocenters. The molecular formula is C12H19NO3S. The summed E-state index contributed by atoms with van der Waals surface area (Å²) in [5.41, 5.74) is 6.29. The van der Waals surface area contributed by atoms with Crippen LogP contribution < -0.4 is 10.5 Å². The lowest BCUT2D eigenvalue weighted by Gasteiger charge is -2.26. The van der Waals surface area contributed by atoms with E-state index in [2.05, 4.69) is 0 Å². The molecule has 0 saturated carbocycles. The van der Waals surface area contributed by atoms with Crippen molar-refractivity contribution in [2.75, 3.05) is 19.1 Å². The summed E-state index contributed by atoms with van der Waals surface area (Å²) in [4.78, 5) is 0. The van der Waals surface area contributed by atoms with Crippen LogP contribution in [0.5, 0.6) is 5.75 Å². The van der Waals surface area contributed by atoms with Gasteiger partial charge in [-0.25, -0.2) is 8.42 Å². The highest BCUT2D eigenvalue weighted by Gasteiger charge is 2.25. The highest BCUT2D eigenvalue weighted by Crippen LogP contribution is 2.30. The Hall–Kier alpha value is -1.07. The summed E-state index contributed by atoms with van der Waals surface area (Å²) in [6.07, 6.45) is 1.58. The quantitative estimate of drug-likeness (QED) is 0.863. The topological polar surface area (TPSA) is 69.4 Å². The third-order valence-electron chi connectivity index (χ3n) is 2.71. The molecule has 4 nitrogen and oxygen atoms in total. The van der Waals surface area contributed by atoms with E-state index in [1.165, 1.54) is 6.26 Å². The average Bonchev–Trinajstić information content (AvgIpc) is 2.26. The summed E-state index contributed by atoms with van der Waals surface area (Å²) in [5, 5.41) is 0. The number of sulfone groups is 1. The van der Waals surface area contributed by atoms with Crippen molar-refractivity contribution in [1.82, 2.24) is 0 Å². The molecule has 0 saturated heterocycles. The van der Waals surface area contributed by atoms with E-state index in [-0.39, 0.29) is 5.75 Å². The van der Waals surface area contributed by atoms with Gasteiger partial charge in [-0.05, 0) is 19.4 Å². The van der Waals surface area contributed by atoms with Crippen LogP contribution in [0, 0.1) is 0 Å². The molecule has 0 aliphatic carbocycles. The van der Waals surface area contributed by atoms with Gasteiger partial charge >= 0.3 is 0 Å². The third kappa shape index (κ3) is 4.02. The maximum atomic E-state index is 11.2. The number of para-hydroxylation sites is 1. The first-order valence-corrected chi connectivity index (χ1v) is 7.42. The van der Waals surface area contributed by atoms with Gasteiger partial charge in [0, 0.05) is 17.4 Å². The van der Waals surface area contributed by atoms with Gasteiger partial charge in [-0.2, -0.15) is 0 Å².